The van der Waals surface area contributed by atoms with Crippen molar-refractivity contribution < 1.29 is 125 Å². The number of nitro benzene ring substituents is 1. The zero-order chi connectivity index (χ0) is 76.1. The van der Waals surface area contributed by atoms with Gasteiger partial charge in [-0.25, -0.2) is 42.0 Å². The first-order chi connectivity index (χ1) is 46.3. The van der Waals surface area contributed by atoms with Crippen molar-refractivity contribution >= 4 is 104 Å². The summed E-state index contributed by atoms with van der Waals surface area (Å²) in [4.78, 5) is 121. The third-order valence-electron chi connectivity index (χ3n) is 10.6. The maximum Gasteiger partial charge on any atom is 0.416 e. The monoisotopic (exact) mass is 1520 g/mol. The van der Waals surface area contributed by atoms with Gasteiger partial charge in [-0.15, -0.1) is 0 Å². The molecule has 3 aromatic carbocycles. The molecule has 46 heteroatoms. The number of aromatic nitrogens is 6. The number of halogens is 7. The van der Waals surface area contributed by atoms with Crippen LogP contribution in [0.25, 0.3) is 0 Å². The molecule has 0 saturated heterocycles. The molecule has 0 aliphatic rings. The topological polar surface area (TPSA) is 491 Å². The molecule has 6 rings (SSSR count). The first-order valence-corrected chi connectivity index (χ1v) is 34.7. The standard InChI is InChI=1S/C18H13ClF3NO7.C15H16F3N5O4S.C15H18N6O6S.C3H8NO5P.C3H9S/c1-2-28-16(24)9-29-17(25)12-8-11(4-5-14(12)23(26)27)30-15-6-3-10(7-13(15)19)18(20,21)22;1-9-19-12(22-14(20-9)27-2)21-13(24)23-28(25,26)11-6-4-3-5-10(11)7-8-15(16,17)18;1-21(2)13(22)9-6-5-7-16-12(9)28(24,25)20-15(23)19-14-17-10(26-3)8-11(18-14)27-4;5-3(6)1-4-2-10(7,8)9;1-4(2)3/h3-8H,2,9H2,1H3;3-6H,7-8H2,1-2H3,(H2,19,20,21,22,23,24);5-8H,1-4H3,(H2,17,18,19,20,23);4H,1-2H2,(H,5,6)(H2,7,8,9);1-3H3/q;;;;+1/p-1. The van der Waals surface area contributed by atoms with Crippen LogP contribution in [-0.4, -0.2) is 189 Å². The number of carbonyl (C=O) groups excluding carboxylic acids is 5. The highest BCUT2D eigenvalue weighted by atomic mass is 35.5. The van der Waals surface area contributed by atoms with Crippen molar-refractivity contribution in [2.45, 2.75) is 49.0 Å². The number of nitrogens with one attached hydrogen (secondary N) is 5. The van der Waals surface area contributed by atoms with Gasteiger partial charge in [0.15, 0.2) is 11.6 Å². The van der Waals surface area contributed by atoms with Gasteiger partial charge in [-0.05, 0) is 79.2 Å². The number of pyridine rings is 1. The van der Waals surface area contributed by atoms with E-state index >= 15 is 0 Å². The maximum atomic E-state index is 12.7. The minimum absolute atomic E-state index is 0.0493. The van der Waals surface area contributed by atoms with Crippen molar-refractivity contribution in [3.63, 3.8) is 0 Å². The van der Waals surface area contributed by atoms with Crippen molar-refractivity contribution in [2.24, 2.45) is 0 Å². The van der Waals surface area contributed by atoms with Crippen LogP contribution in [0.2, 0.25) is 5.02 Å². The van der Waals surface area contributed by atoms with E-state index < -0.39 is 140 Å². The van der Waals surface area contributed by atoms with Crippen molar-refractivity contribution in [3.05, 3.63) is 128 Å². The van der Waals surface area contributed by atoms with E-state index in [1.807, 2.05) is 5.32 Å². The number of anilines is 2. The Bertz CT molecular complexity index is 4110. The van der Waals surface area contributed by atoms with Crippen LogP contribution < -0.4 is 49.2 Å². The third kappa shape index (κ3) is 31.8. The maximum absolute atomic E-state index is 12.7. The van der Waals surface area contributed by atoms with Gasteiger partial charge < -0.3 is 52.8 Å². The zero-order valence-electron chi connectivity index (χ0n) is 53.8. The van der Waals surface area contributed by atoms with Crippen LogP contribution in [0.4, 0.5) is 53.5 Å². The summed E-state index contributed by atoms with van der Waals surface area (Å²) in [6.07, 6.45) is -3.74. The number of rotatable bonds is 23. The number of nitro groups is 1. The molecule has 0 bridgehead atoms. The molecule has 5 amide bonds. The second-order valence-corrected chi connectivity index (χ2v) is 27.0. The van der Waals surface area contributed by atoms with Crippen LogP contribution in [0, 0.1) is 17.0 Å². The summed E-state index contributed by atoms with van der Waals surface area (Å²) in [5.74, 6) is -4.24. The van der Waals surface area contributed by atoms with E-state index in [-0.39, 0.29) is 69.7 Å². The molecular formula is C54H63ClF6N13O22PS3. The minimum Gasteiger partial charge on any atom is -0.778 e. The molecule has 0 radical (unpaired) electrons. The number of methoxy groups -OCH3 is 3. The van der Waals surface area contributed by atoms with E-state index in [4.69, 9.17) is 45.3 Å². The number of carboxylic acid groups (broad SMARTS) is 1. The smallest absolute Gasteiger partial charge is 0.416 e. The number of hydrogen-bond donors (Lipinski definition) is 7. The van der Waals surface area contributed by atoms with Crippen LogP contribution in [0.1, 0.15) is 51.0 Å². The molecule has 0 aliphatic heterocycles. The molecule has 7 N–H and O–H groups in total. The SMILES string of the molecule is CCOC(=O)COC(=O)c1cc(Oc2ccc(C(F)(F)F)cc2Cl)ccc1[N+](=O)[O-].COc1cc(OC)nc(NC(=O)NS(=O)(=O)c2ncccc2C(=O)N(C)C)n1.COc1nc(C)nc(NC(=O)NS(=O)(=O)c2ccccc2CCC(F)(F)F)n1.C[S+](C)C.O=C(O)CNCP(=O)([O-])O. The Kier molecular flexibility index (Phi) is 34.2. The highest BCUT2D eigenvalue weighted by Crippen LogP contribution is 2.38. The first-order valence-electron chi connectivity index (χ1n) is 27.2. The fourth-order valence-electron chi connectivity index (χ4n) is 6.63. The molecule has 0 fully saturated rings. The van der Waals surface area contributed by atoms with E-state index in [9.17, 15) is 91.5 Å². The van der Waals surface area contributed by atoms with E-state index in [2.05, 4.69) is 64.0 Å². The summed E-state index contributed by atoms with van der Waals surface area (Å²) in [5, 5.41) is 24.4. The van der Waals surface area contributed by atoms with Crippen LogP contribution >= 0.6 is 19.2 Å². The molecule has 0 spiro atoms. The Morgan fingerprint density at radius 2 is 1.35 bits per heavy atom. The molecule has 1 atom stereocenters. The molecule has 6 aromatic rings. The molecule has 35 nitrogen and oxygen atoms in total. The van der Waals surface area contributed by atoms with Gasteiger partial charge in [-0.1, -0.05) is 29.8 Å². The van der Waals surface area contributed by atoms with Gasteiger partial charge in [0.25, 0.3) is 31.6 Å². The highest BCUT2D eigenvalue weighted by Gasteiger charge is 2.33. The molecule has 3 heterocycles. The number of alkyl halides is 6. The number of amides is 5. The Morgan fingerprint density at radius 3 is 1.86 bits per heavy atom. The van der Waals surface area contributed by atoms with Crippen LogP contribution in [0.5, 0.6) is 29.3 Å². The summed E-state index contributed by atoms with van der Waals surface area (Å²) in [7, 11) is -5.70. The number of carboxylic acids is 1. The largest absolute Gasteiger partial charge is 0.778 e. The number of ether oxygens (including phenoxy) is 6. The zero-order valence-corrected chi connectivity index (χ0v) is 57.9. The fourth-order valence-corrected chi connectivity index (χ4v) is 9.46. The van der Waals surface area contributed by atoms with Gasteiger partial charge in [0, 0.05) is 38.8 Å². The third-order valence-corrected chi connectivity index (χ3v) is 14.2. The second kappa shape index (κ2) is 39.7. The Morgan fingerprint density at radius 1 is 0.770 bits per heavy atom. The van der Waals surface area contributed by atoms with Gasteiger partial charge in [0.05, 0.1) is 91.6 Å². The summed E-state index contributed by atoms with van der Waals surface area (Å²) in [6.45, 7) is 1.85. The van der Waals surface area contributed by atoms with Crippen molar-refractivity contribution in [1.82, 2.24) is 49.6 Å². The first kappa shape index (κ1) is 86.2. The lowest BCUT2D eigenvalue weighted by Gasteiger charge is -2.14. The van der Waals surface area contributed by atoms with Gasteiger partial charge >= 0.3 is 48.3 Å². The molecule has 548 valence electrons. The van der Waals surface area contributed by atoms with Crippen LogP contribution in [0.15, 0.2) is 95.0 Å². The highest BCUT2D eigenvalue weighted by molar-refractivity contribution is 7.94. The predicted octanol–water partition coefficient (Wildman–Crippen LogP) is 5.73. The average Bonchev–Trinajstić information content (AvgIpc) is 0.815. The van der Waals surface area contributed by atoms with Crippen LogP contribution in [0.3, 0.4) is 0 Å². The number of aryl methyl sites for hydroxylation is 2. The summed E-state index contributed by atoms with van der Waals surface area (Å²) >= 11 is 5.81. The minimum atomic E-state index is -4.61. The number of carbonyl (C=O) groups is 6. The number of nitrogens with zero attached hydrogens (tertiary/aromatic N) is 8. The quantitative estimate of drug-likeness (QED) is 0.0100. The predicted molar refractivity (Wildman–Crippen MR) is 340 cm³/mol. The van der Waals surface area contributed by atoms with Gasteiger partial charge in [-0.2, -0.15) is 59.7 Å². The van der Waals surface area contributed by atoms with Crippen molar-refractivity contribution in [3.8, 4) is 29.3 Å². The Labute approximate surface area is 572 Å². The van der Waals surface area contributed by atoms with E-state index in [1.165, 1.54) is 96.8 Å². The Hall–Kier alpha value is -9.85. The van der Waals surface area contributed by atoms with Gasteiger partial charge in [-0.3, -0.25) is 35.7 Å². The molecular weight excluding hydrogens is 1460 g/mol. The lowest BCUT2D eigenvalue weighted by Crippen LogP contribution is -2.36. The number of urea groups is 2. The van der Waals surface area contributed by atoms with Gasteiger partial charge in [0.1, 0.15) is 30.5 Å². The van der Waals surface area contributed by atoms with Gasteiger partial charge in [0.2, 0.25) is 23.7 Å². The van der Waals surface area contributed by atoms with E-state index in [0.717, 1.165) is 36.4 Å². The molecule has 100 heavy (non-hydrogen) atoms. The summed E-state index contributed by atoms with van der Waals surface area (Å²) in [6, 6.07) is 12.1. The van der Waals surface area contributed by atoms with Crippen molar-refractivity contribution in [2.75, 3.05) is 90.9 Å². The average molecular weight is 1520 g/mol. The summed E-state index contributed by atoms with van der Waals surface area (Å²) in [5.41, 5.74) is -2.42. The van der Waals surface area contributed by atoms with Crippen LogP contribution in [-0.2, 0) is 67.2 Å². The normalized spacial score (nSPS) is 11.6. The fraction of sp³-hybridized carbons (Fsp3) is 0.333. The molecule has 3 aromatic heterocycles. The lowest BCUT2D eigenvalue weighted by molar-refractivity contribution is -0.385. The molecule has 0 saturated carbocycles. The van der Waals surface area contributed by atoms with E-state index in [0.29, 0.717) is 17.0 Å². The molecule has 0 aliphatic carbocycles. The lowest BCUT2D eigenvalue weighted by atomic mass is 10.1. The Balaban J connectivity index is 0.000000464. The summed E-state index contributed by atoms with van der Waals surface area (Å²) < 4.78 is 168. The number of esters is 2. The number of sulfonamides is 2. The van der Waals surface area contributed by atoms with E-state index in [1.54, 1.807) is 9.44 Å². The molecule has 1 unspecified atom stereocenters. The number of hydrogen-bond acceptors (Lipinski definition) is 27. The van der Waals surface area contributed by atoms with Crippen molar-refractivity contribution in [1.29, 1.82) is 0 Å². The second-order valence-electron chi connectivity index (χ2n) is 19.3. The number of aliphatic carboxylic acids is 1. The number of benzene rings is 3.